The molecule has 0 fully saturated rings. The van der Waals surface area contributed by atoms with Crippen LogP contribution in [-0.2, 0) is 13.0 Å². The fraction of sp³-hybridized carbons (Fsp3) is 0.231. The lowest BCUT2D eigenvalue weighted by atomic mass is 10.2. The first-order valence-corrected chi connectivity index (χ1v) is 5.72. The molecule has 0 saturated heterocycles. The van der Waals surface area contributed by atoms with Gasteiger partial charge in [0.25, 0.3) is 0 Å². The van der Waals surface area contributed by atoms with Gasteiger partial charge in [0.1, 0.15) is 12.1 Å². The molecule has 0 aliphatic carbocycles. The summed E-state index contributed by atoms with van der Waals surface area (Å²) in [5.74, 6) is 0.0655. The van der Waals surface area contributed by atoms with Crippen molar-refractivity contribution in [1.82, 2.24) is 9.97 Å². The molecule has 2 N–H and O–H groups in total. The zero-order valence-electron chi connectivity index (χ0n) is 10.0. The second-order valence-corrected chi connectivity index (χ2v) is 3.82. The summed E-state index contributed by atoms with van der Waals surface area (Å²) < 4.78 is 13.4. The normalized spacial score (nSPS) is 10.3. The molecule has 18 heavy (non-hydrogen) atoms. The number of anilines is 1. The van der Waals surface area contributed by atoms with Crippen LogP contribution in [0.3, 0.4) is 0 Å². The van der Waals surface area contributed by atoms with E-state index in [4.69, 9.17) is 0 Å². The molecular formula is C13H14FN3O. The molecule has 5 heteroatoms. The van der Waals surface area contributed by atoms with Gasteiger partial charge in [-0.05, 0) is 12.5 Å². The van der Waals surface area contributed by atoms with Gasteiger partial charge in [-0.25, -0.2) is 14.4 Å². The predicted molar refractivity (Wildman–Crippen MR) is 66.8 cm³/mol. The molecule has 0 aliphatic rings. The SMILES string of the molecule is CCc1ncnc(NCc2ccccc2F)c1O. The average Bonchev–Trinajstić information content (AvgIpc) is 2.39. The van der Waals surface area contributed by atoms with Gasteiger partial charge < -0.3 is 10.4 Å². The van der Waals surface area contributed by atoms with Gasteiger partial charge in [0, 0.05) is 12.1 Å². The smallest absolute Gasteiger partial charge is 0.180 e. The Morgan fingerprint density at radius 3 is 2.78 bits per heavy atom. The van der Waals surface area contributed by atoms with Gasteiger partial charge in [-0.2, -0.15) is 0 Å². The van der Waals surface area contributed by atoms with Crippen LogP contribution in [0.5, 0.6) is 5.75 Å². The van der Waals surface area contributed by atoms with Crippen LogP contribution in [0.4, 0.5) is 10.2 Å². The average molecular weight is 247 g/mol. The van der Waals surface area contributed by atoms with Crippen LogP contribution < -0.4 is 5.32 Å². The van der Waals surface area contributed by atoms with E-state index in [1.807, 2.05) is 6.92 Å². The lowest BCUT2D eigenvalue weighted by Gasteiger charge is -2.09. The highest BCUT2D eigenvalue weighted by molar-refractivity contribution is 5.51. The zero-order valence-corrected chi connectivity index (χ0v) is 10.0. The molecule has 0 amide bonds. The first-order chi connectivity index (χ1) is 8.72. The van der Waals surface area contributed by atoms with Crippen molar-refractivity contribution in [2.75, 3.05) is 5.32 Å². The number of aromatic hydroxyl groups is 1. The van der Waals surface area contributed by atoms with Crippen molar-refractivity contribution in [2.24, 2.45) is 0 Å². The van der Waals surface area contributed by atoms with Crippen LogP contribution in [0, 0.1) is 5.82 Å². The quantitative estimate of drug-likeness (QED) is 0.871. The molecule has 2 aromatic rings. The molecule has 0 unspecified atom stereocenters. The molecule has 0 bridgehead atoms. The van der Waals surface area contributed by atoms with E-state index in [9.17, 15) is 9.50 Å². The van der Waals surface area contributed by atoms with Crippen molar-refractivity contribution in [3.05, 3.63) is 47.7 Å². The number of hydrogen-bond donors (Lipinski definition) is 2. The first-order valence-electron chi connectivity index (χ1n) is 5.72. The molecule has 1 heterocycles. The number of nitrogens with zero attached hydrogens (tertiary/aromatic N) is 2. The summed E-state index contributed by atoms with van der Waals surface area (Å²) in [6.07, 6.45) is 1.99. The minimum atomic E-state index is -0.283. The van der Waals surface area contributed by atoms with Gasteiger partial charge in [-0.1, -0.05) is 25.1 Å². The molecule has 2 rings (SSSR count). The number of halogens is 1. The Morgan fingerprint density at radius 2 is 2.06 bits per heavy atom. The van der Waals surface area contributed by atoms with Crippen molar-refractivity contribution in [3.8, 4) is 5.75 Å². The van der Waals surface area contributed by atoms with Crippen LogP contribution >= 0.6 is 0 Å². The van der Waals surface area contributed by atoms with Crippen molar-refractivity contribution in [1.29, 1.82) is 0 Å². The van der Waals surface area contributed by atoms with Crippen LogP contribution in [0.2, 0.25) is 0 Å². The summed E-state index contributed by atoms with van der Waals surface area (Å²) >= 11 is 0. The van der Waals surface area contributed by atoms with E-state index >= 15 is 0 Å². The summed E-state index contributed by atoms with van der Waals surface area (Å²) in [5, 5.41) is 12.8. The summed E-state index contributed by atoms with van der Waals surface area (Å²) in [6, 6.07) is 6.48. The number of aromatic nitrogens is 2. The van der Waals surface area contributed by atoms with Crippen molar-refractivity contribution in [3.63, 3.8) is 0 Å². The lowest BCUT2D eigenvalue weighted by molar-refractivity contribution is 0.463. The highest BCUT2D eigenvalue weighted by Gasteiger charge is 2.08. The third kappa shape index (κ3) is 2.56. The molecule has 94 valence electrons. The third-order valence-corrected chi connectivity index (χ3v) is 2.64. The number of aryl methyl sites for hydroxylation is 1. The van der Waals surface area contributed by atoms with Crippen LogP contribution in [0.25, 0.3) is 0 Å². The highest BCUT2D eigenvalue weighted by Crippen LogP contribution is 2.23. The van der Waals surface area contributed by atoms with Gasteiger partial charge >= 0.3 is 0 Å². The standard InChI is InChI=1S/C13H14FN3O/c1-2-11-12(18)13(17-8-16-11)15-7-9-5-3-4-6-10(9)14/h3-6,8,18H,2,7H2,1H3,(H,15,16,17). The van der Waals surface area contributed by atoms with E-state index in [2.05, 4.69) is 15.3 Å². The molecule has 4 nitrogen and oxygen atoms in total. The number of benzene rings is 1. The van der Waals surface area contributed by atoms with Gasteiger partial charge in [-0.15, -0.1) is 0 Å². The second-order valence-electron chi connectivity index (χ2n) is 3.82. The Morgan fingerprint density at radius 1 is 1.28 bits per heavy atom. The Kier molecular flexibility index (Phi) is 3.72. The Hall–Kier alpha value is -2.17. The second kappa shape index (κ2) is 5.44. The highest BCUT2D eigenvalue weighted by atomic mass is 19.1. The minimum absolute atomic E-state index is 0.0244. The van der Waals surface area contributed by atoms with Crippen LogP contribution in [0.1, 0.15) is 18.2 Å². The van der Waals surface area contributed by atoms with E-state index in [0.717, 1.165) is 0 Å². The maximum Gasteiger partial charge on any atom is 0.180 e. The van der Waals surface area contributed by atoms with Crippen LogP contribution in [-0.4, -0.2) is 15.1 Å². The Balaban J connectivity index is 2.14. The molecule has 0 aliphatic heterocycles. The van der Waals surface area contributed by atoms with E-state index in [-0.39, 0.29) is 18.1 Å². The van der Waals surface area contributed by atoms with Gasteiger partial charge in [0.05, 0.1) is 5.69 Å². The number of hydrogen-bond acceptors (Lipinski definition) is 4. The summed E-state index contributed by atoms with van der Waals surface area (Å²) in [7, 11) is 0. The number of nitrogens with one attached hydrogen (secondary N) is 1. The molecular weight excluding hydrogens is 233 g/mol. The topological polar surface area (TPSA) is 58.0 Å². The van der Waals surface area contributed by atoms with E-state index in [0.29, 0.717) is 23.5 Å². The summed E-state index contributed by atoms with van der Waals surface area (Å²) in [4.78, 5) is 7.89. The minimum Gasteiger partial charge on any atom is -0.503 e. The Bertz CT molecular complexity index is 546. The first kappa shape index (κ1) is 12.3. The predicted octanol–water partition coefficient (Wildman–Crippen LogP) is 2.50. The molecule has 1 aromatic heterocycles. The fourth-order valence-corrected chi connectivity index (χ4v) is 1.62. The van der Waals surface area contributed by atoms with Crippen molar-refractivity contribution < 1.29 is 9.50 Å². The van der Waals surface area contributed by atoms with E-state index < -0.39 is 0 Å². The largest absolute Gasteiger partial charge is 0.503 e. The molecule has 0 spiro atoms. The molecule has 1 aromatic carbocycles. The fourth-order valence-electron chi connectivity index (χ4n) is 1.62. The van der Waals surface area contributed by atoms with Gasteiger partial charge in [0.15, 0.2) is 11.6 Å². The lowest BCUT2D eigenvalue weighted by Crippen LogP contribution is -2.05. The zero-order chi connectivity index (χ0) is 13.0. The summed E-state index contributed by atoms with van der Waals surface area (Å²) in [6.45, 7) is 2.16. The number of rotatable bonds is 4. The van der Waals surface area contributed by atoms with Crippen molar-refractivity contribution in [2.45, 2.75) is 19.9 Å². The van der Waals surface area contributed by atoms with Gasteiger partial charge in [0.2, 0.25) is 0 Å². The van der Waals surface area contributed by atoms with Gasteiger partial charge in [-0.3, -0.25) is 0 Å². The van der Waals surface area contributed by atoms with E-state index in [1.165, 1.54) is 12.4 Å². The van der Waals surface area contributed by atoms with Crippen molar-refractivity contribution >= 4 is 5.82 Å². The molecule has 0 atom stereocenters. The summed E-state index contributed by atoms with van der Waals surface area (Å²) in [5.41, 5.74) is 1.09. The van der Waals surface area contributed by atoms with E-state index in [1.54, 1.807) is 18.2 Å². The Labute approximate surface area is 105 Å². The third-order valence-electron chi connectivity index (χ3n) is 2.64. The maximum absolute atomic E-state index is 13.4. The molecule has 0 saturated carbocycles. The maximum atomic E-state index is 13.4. The monoisotopic (exact) mass is 247 g/mol. The van der Waals surface area contributed by atoms with Crippen LogP contribution in [0.15, 0.2) is 30.6 Å². The molecule has 0 radical (unpaired) electrons.